The smallest absolute Gasteiger partial charge is 0.0456 e. The fraction of sp³-hybridized carbons (Fsp3) is 0.118. The van der Waals surface area contributed by atoms with Gasteiger partial charge >= 0.3 is 0 Å². The van der Waals surface area contributed by atoms with E-state index in [1.807, 2.05) is 18.3 Å². The van der Waals surface area contributed by atoms with Gasteiger partial charge in [-0.2, -0.15) is 0 Å². The zero-order valence-electron chi connectivity index (χ0n) is 10.6. The van der Waals surface area contributed by atoms with E-state index in [-0.39, 0.29) is 0 Å². The van der Waals surface area contributed by atoms with E-state index >= 15 is 0 Å². The third-order valence-electron chi connectivity index (χ3n) is 3.54. The molecule has 2 heteroatoms. The highest BCUT2D eigenvalue weighted by Crippen LogP contribution is 2.30. The molecule has 1 N–H and O–H groups in total. The standard InChI is InChI=1S/C17H15ClN/c1-2-16(12-5-7-15(18)8-6-12)14-4-3-13-9-10-19-17(13)11-14/h3-11,16,19H,1-2H2. The normalized spacial score (nSPS) is 12.7. The van der Waals surface area contributed by atoms with Crippen LogP contribution >= 0.6 is 11.6 Å². The molecule has 0 aliphatic carbocycles. The van der Waals surface area contributed by atoms with Crippen LogP contribution in [0.4, 0.5) is 0 Å². The van der Waals surface area contributed by atoms with E-state index in [2.05, 4.69) is 48.3 Å². The van der Waals surface area contributed by atoms with Crippen LogP contribution in [-0.2, 0) is 0 Å². The first kappa shape index (κ1) is 12.3. The molecule has 1 unspecified atom stereocenters. The van der Waals surface area contributed by atoms with E-state index < -0.39 is 0 Å². The van der Waals surface area contributed by atoms with Gasteiger partial charge in [0, 0.05) is 22.7 Å². The number of fused-ring (bicyclic) bond motifs is 1. The maximum atomic E-state index is 5.95. The Morgan fingerprint density at radius 1 is 1.00 bits per heavy atom. The van der Waals surface area contributed by atoms with Crippen molar-refractivity contribution in [1.82, 2.24) is 4.98 Å². The number of halogens is 1. The van der Waals surface area contributed by atoms with Crippen molar-refractivity contribution in [2.75, 3.05) is 0 Å². The van der Waals surface area contributed by atoms with Crippen molar-refractivity contribution in [1.29, 1.82) is 0 Å². The molecular weight excluding hydrogens is 254 g/mol. The molecule has 0 aliphatic rings. The Balaban J connectivity index is 2.03. The van der Waals surface area contributed by atoms with Gasteiger partial charge in [-0.1, -0.05) is 42.8 Å². The SMILES string of the molecule is [CH2]CC(c1ccc(Cl)cc1)c1ccc2cc[nH]c2c1. The Kier molecular flexibility index (Phi) is 3.31. The Bertz CT molecular complexity index is 682. The minimum atomic E-state index is 0.310. The van der Waals surface area contributed by atoms with Gasteiger partial charge in [0.15, 0.2) is 0 Å². The second-order valence-electron chi connectivity index (χ2n) is 4.72. The van der Waals surface area contributed by atoms with E-state index in [1.165, 1.54) is 22.0 Å². The van der Waals surface area contributed by atoms with Gasteiger partial charge in [-0.05, 0) is 47.2 Å². The summed E-state index contributed by atoms with van der Waals surface area (Å²) in [6.07, 6.45) is 2.80. The number of rotatable bonds is 3. The molecule has 0 saturated heterocycles. The van der Waals surface area contributed by atoms with Gasteiger partial charge in [-0.25, -0.2) is 0 Å². The predicted molar refractivity (Wildman–Crippen MR) is 81.6 cm³/mol. The maximum absolute atomic E-state index is 5.95. The van der Waals surface area contributed by atoms with Gasteiger partial charge in [-0.3, -0.25) is 0 Å². The predicted octanol–water partition coefficient (Wildman–Crippen LogP) is 5.18. The third kappa shape index (κ3) is 2.39. The van der Waals surface area contributed by atoms with Gasteiger partial charge in [0.25, 0.3) is 0 Å². The minimum absolute atomic E-state index is 0.310. The highest BCUT2D eigenvalue weighted by atomic mass is 35.5. The van der Waals surface area contributed by atoms with Crippen LogP contribution in [0.5, 0.6) is 0 Å². The summed E-state index contributed by atoms with van der Waals surface area (Å²) in [7, 11) is 0. The van der Waals surface area contributed by atoms with Gasteiger partial charge in [0.2, 0.25) is 0 Å². The fourth-order valence-electron chi connectivity index (χ4n) is 2.50. The first-order valence-electron chi connectivity index (χ1n) is 6.39. The molecule has 1 radical (unpaired) electrons. The van der Waals surface area contributed by atoms with Crippen molar-refractivity contribution in [2.45, 2.75) is 12.3 Å². The van der Waals surface area contributed by atoms with Crippen molar-refractivity contribution in [2.24, 2.45) is 0 Å². The van der Waals surface area contributed by atoms with E-state index in [0.717, 1.165) is 11.4 Å². The van der Waals surface area contributed by atoms with Crippen molar-refractivity contribution in [3.05, 3.63) is 77.8 Å². The lowest BCUT2D eigenvalue weighted by atomic mass is 9.89. The summed E-state index contributed by atoms with van der Waals surface area (Å²) in [6, 6.07) is 16.7. The van der Waals surface area contributed by atoms with Crippen LogP contribution in [0.25, 0.3) is 10.9 Å². The summed E-state index contributed by atoms with van der Waals surface area (Å²) in [5, 5.41) is 2.01. The number of H-pyrrole nitrogens is 1. The zero-order valence-corrected chi connectivity index (χ0v) is 11.3. The summed E-state index contributed by atoms with van der Waals surface area (Å²) in [5.41, 5.74) is 3.71. The Morgan fingerprint density at radius 3 is 2.47 bits per heavy atom. The lowest BCUT2D eigenvalue weighted by Gasteiger charge is -2.16. The van der Waals surface area contributed by atoms with E-state index in [0.29, 0.717) is 5.92 Å². The van der Waals surface area contributed by atoms with Crippen LogP contribution in [0, 0.1) is 6.92 Å². The highest BCUT2D eigenvalue weighted by Gasteiger charge is 2.12. The first-order valence-corrected chi connectivity index (χ1v) is 6.77. The molecule has 1 aromatic heterocycles. The molecule has 0 saturated carbocycles. The van der Waals surface area contributed by atoms with Crippen LogP contribution < -0.4 is 0 Å². The number of benzene rings is 2. The second-order valence-corrected chi connectivity index (χ2v) is 5.15. The summed E-state index contributed by atoms with van der Waals surface area (Å²) in [4.78, 5) is 3.26. The van der Waals surface area contributed by atoms with E-state index in [1.54, 1.807) is 0 Å². The van der Waals surface area contributed by atoms with Crippen molar-refractivity contribution in [3.63, 3.8) is 0 Å². The molecule has 3 aromatic rings. The molecule has 95 valence electrons. The van der Waals surface area contributed by atoms with Gasteiger partial charge in [-0.15, -0.1) is 0 Å². The van der Waals surface area contributed by atoms with Crippen LogP contribution in [0.15, 0.2) is 54.7 Å². The fourth-order valence-corrected chi connectivity index (χ4v) is 2.63. The molecule has 1 nitrogen and oxygen atoms in total. The summed E-state index contributed by atoms with van der Waals surface area (Å²) in [5.74, 6) is 0.310. The van der Waals surface area contributed by atoms with Crippen LogP contribution in [0.1, 0.15) is 23.5 Å². The molecule has 3 rings (SSSR count). The highest BCUT2D eigenvalue weighted by molar-refractivity contribution is 6.30. The first-order chi connectivity index (χ1) is 9.28. The maximum Gasteiger partial charge on any atom is 0.0456 e. The van der Waals surface area contributed by atoms with Gasteiger partial charge in [0.1, 0.15) is 0 Å². The zero-order chi connectivity index (χ0) is 13.2. The number of aromatic nitrogens is 1. The number of aromatic amines is 1. The van der Waals surface area contributed by atoms with Crippen LogP contribution in [0.2, 0.25) is 5.02 Å². The quantitative estimate of drug-likeness (QED) is 0.674. The van der Waals surface area contributed by atoms with Crippen molar-refractivity contribution >= 4 is 22.5 Å². The topological polar surface area (TPSA) is 15.8 Å². The molecule has 0 spiro atoms. The van der Waals surface area contributed by atoms with Crippen molar-refractivity contribution < 1.29 is 0 Å². The molecule has 2 aromatic carbocycles. The average Bonchev–Trinajstić information content (AvgIpc) is 2.89. The molecule has 0 amide bonds. The molecule has 0 aliphatic heterocycles. The molecule has 19 heavy (non-hydrogen) atoms. The summed E-state index contributed by atoms with van der Waals surface area (Å²) < 4.78 is 0. The Labute approximate surface area is 118 Å². The molecule has 1 heterocycles. The molecule has 0 bridgehead atoms. The van der Waals surface area contributed by atoms with E-state index in [9.17, 15) is 0 Å². The van der Waals surface area contributed by atoms with Gasteiger partial charge < -0.3 is 4.98 Å². The summed E-state index contributed by atoms with van der Waals surface area (Å²) in [6.45, 7) is 4.09. The Hall–Kier alpha value is -1.73. The summed E-state index contributed by atoms with van der Waals surface area (Å²) >= 11 is 5.95. The largest absolute Gasteiger partial charge is 0.361 e. The lowest BCUT2D eigenvalue weighted by Crippen LogP contribution is -1.99. The molecule has 0 fully saturated rings. The lowest BCUT2D eigenvalue weighted by molar-refractivity contribution is 0.828. The second kappa shape index (κ2) is 5.10. The number of hydrogen-bond acceptors (Lipinski definition) is 0. The third-order valence-corrected chi connectivity index (χ3v) is 3.79. The molecule has 1 atom stereocenters. The number of hydrogen-bond donors (Lipinski definition) is 1. The molecular formula is C17H15ClN. The average molecular weight is 269 g/mol. The van der Waals surface area contributed by atoms with Crippen LogP contribution in [0.3, 0.4) is 0 Å². The van der Waals surface area contributed by atoms with Crippen molar-refractivity contribution in [3.8, 4) is 0 Å². The Morgan fingerprint density at radius 2 is 1.74 bits per heavy atom. The van der Waals surface area contributed by atoms with E-state index in [4.69, 9.17) is 11.6 Å². The van der Waals surface area contributed by atoms with Crippen LogP contribution in [-0.4, -0.2) is 4.98 Å². The number of nitrogens with one attached hydrogen (secondary N) is 1. The monoisotopic (exact) mass is 268 g/mol. The minimum Gasteiger partial charge on any atom is -0.361 e. The van der Waals surface area contributed by atoms with Gasteiger partial charge in [0.05, 0.1) is 0 Å².